The number of nitrogens with zero attached hydrogens (tertiary/aromatic N) is 1. The van der Waals surface area contributed by atoms with Gasteiger partial charge in [-0.05, 0) is 59.5 Å². The second kappa shape index (κ2) is 9.68. The fourth-order valence-electron chi connectivity index (χ4n) is 2.16. The minimum Gasteiger partial charge on any atom is -0.508 e. The summed E-state index contributed by atoms with van der Waals surface area (Å²) in [5, 5.41) is 22.6. The standard InChI is InChI=1S/C18H24N4O2S/c1-3-19-18(20-10-13(2)14-8-9-25-12-14)21-11-17(24)22-15-4-6-16(23)7-5-15/h4-9,12-13,23H,3,10-11H2,1-2H3,(H,22,24)(H2,19,20,21). The van der Waals surface area contributed by atoms with Crippen molar-refractivity contribution >= 4 is 28.9 Å². The minimum absolute atomic E-state index is 0.0169. The van der Waals surface area contributed by atoms with E-state index < -0.39 is 0 Å². The predicted octanol–water partition coefficient (Wildman–Crippen LogP) is 2.75. The van der Waals surface area contributed by atoms with Gasteiger partial charge in [0.25, 0.3) is 0 Å². The fraction of sp³-hybridized carbons (Fsp3) is 0.333. The molecule has 1 aromatic heterocycles. The summed E-state index contributed by atoms with van der Waals surface area (Å²) in [7, 11) is 0. The summed E-state index contributed by atoms with van der Waals surface area (Å²) >= 11 is 1.69. The molecule has 0 radical (unpaired) electrons. The van der Waals surface area contributed by atoms with Gasteiger partial charge in [-0.15, -0.1) is 0 Å². The summed E-state index contributed by atoms with van der Waals surface area (Å²) in [6, 6.07) is 8.45. The van der Waals surface area contributed by atoms with E-state index >= 15 is 0 Å². The van der Waals surface area contributed by atoms with Gasteiger partial charge in [0.2, 0.25) is 5.91 Å². The number of benzene rings is 1. The van der Waals surface area contributed by atoms with Crippen LogP contribution in [-0.4, -0.2) is 36.6 Å². The smallest absolute Gasteiger partial charge is 0.246 e. The Morgan fingerprint density at radius 1 is 1.24 bits per heavy atom. The van der Waals surface area contributed by atoms with E-state index in [1.807, 2.05) is 6.92 Å². The number of phenols is 1. The van der Waals surface area contributed by atoms with Crippen LogP contribution in [0.2, 0.25) is 0 Å². The molecule has 0 bridgehead atoms. The van der Waals surface area contributed by atoms with Crippen LogP contribution in [0.4, 0.5) is 5.69 Å². The number of carbonyl (C=O) groups excluding carboxylic acids is 1. The van der Waals surface area contributed by atoms with Crippen LogP contribution in [0, 0.1) is 0 Å². The molecule has 0 fully saturated rings. The maximum atomic E-state index is 12.0. The Kier molecular flexibility index (Phi) is 7.28. The van der Waals surface area contributed by atoms with E-state index in [4.69, 9.17) is 0 Å². The number of phenolic OH excluding ortho intramolecular Hbond substituents is 1. The third-order valence-corrected chi connectivity index (χ3v) is 4.27. The molecule has 0 aliphatic rings. The highest BCUT2D eigenvalue weighted by Crippen LogP contribution is 2.17. The molecule has 134 valence electrons. The monoisotopic (exact) mass is 360 g/mol. The molecule has 2 aromatic rings. The van der Waals surface area contributed by atoms with Crippen LogP contribution in [0.25, 0.3) is 0 Å². The van der Waals surface area contributed by atoms with E-state index in [-0.39, 0.29) is 18.2 Å². The van der Waals surface area contributed by atoms with Gasteiger partial charge in [0.15, 0.2) is 5.96 Å². The summed E-state index contributed by atoms with van der Waals surface area (Å²) < 4.78 is 0. The second-order valence-electron chi connectivity index (χ2n) is 5.63. The second-order valence-corrected chi connectivity index (χ2v) is 6.41. The van der Waals surface area contributed by atoms with E-state index in [2.05, 4.69) is 44.7 Å². The van der Waals surface area contributed by atoms with Gasteiger partial charge in [-0.1, -0.05) is 6.92 Å². The molecule has 1 unspecified atom stereocenters. The molecule has 1 heterocycles. The van der Waals surface area contributed by atoms with Crippen molar-refractivity contribution < 1.29 is 9.90 Å². The summed E-state index contributed by atoms with van der Waals surface area (Å²) in [5.41, 5.74) is 1.92. The molecule has 7 heteroatoms. The maximum Gasteiger partial charge on any atom is 0.246 e. The summed E-state index contributed by atoms with van der Waals surface area (Å²) in [6.07, 6.45) is 0. The quantitative estimate of drug-likeness (QED) is 0.347. The number of aromatic hydroxyl groups is 1. The average molecular weight is 360 g/mol. The number of hydrogen-bond acceptors (Lipinski definition) is 4. The number of rotatable bonds is 7. The summed E-state index contributed by atoms with van der Waals surface area (Å²) in [4.78, 5) is 16.3. The van der Waals surface area contributed by atoms with Crippen LogP contribution in [0.1, 0.15) is 25.3 Å². The number of guanidine groups is 1. The number of anilines is 1. The Hall–Kier alpha value is -2.54. The van der Waals surface area contributed by atoms with E-state index in [1.165, 1.54) is 17.7 Å². The van der Waals surface area contributed by atoms with Crippen LogP contribution in [0.5, 0.6) is 5.75 Å². The van der Waals surface area contributed by atoms with Crippen LogP contribution < -0.4 is 16.0 Å². The fourth-order valence-corrected chi connectivity index (χ4v) is 2.94. The zero-order chi connectivity index (χ0) is 18.1. The lowest BCUT2D eigenvalue weighted by Crippen LogP contribution is -2.39. The lowest BCUT2D eigenvalue weighted by atomic mass is 10.1. The highest BCUT2D eigenvalue weighted by molar-refractivity contribution is 7.07. The normalized spacial score (nSPS) is 12.5. The topological polar surface area (TPSA) is 85.8 Å². The first-order valence-electron chi connectivity index (χ1n) is 8.21. The first kappa shape index (κ1) is 18.8. The van der Waals surface area contributed by atoms with Gasteiger partial charge in [-0.3, -0.25) is 4.79 Å². The molecular formula is C18H24N4O2S. The predicted molar refractivity (Wildman–Crippen MR) is 103 cm³/mol. The lowest BCUT2D eigenvalue weighted by molar-refractivity contribution is -0.114. The van der Waals surface area contributed by atoms with Crippen molar-refractivity contribution in [3.05, 3.63) is 46.7 Å². The van der Waals surface area contributed by atoms with E-state index in [9.17, 15) is 9.90 Å². The SMILES string of the molecule is CCNC(=NCC(=O)Nc1ccc(O)cc1)NCC(C)c1ccsc1. The lowest BCUT2D eigenvalue weighted by Gasteiger charge is -2.15. The minimum atomic E-state index is -0.214. The van der Waals surface area contributed by atoms with Gasteiger partial charge in [-0.2, -0.15) is 11.3 Å². The zero-order valence-corrected chi connectivity index (χ0v) is 15.3. The van der Waals surface area contributed by atoms with Crippen molar-refractivity contribution in [1.82, 2.24) is 10.6 Å². The van der Waals surface area contributed by atoms with Crippen LogP contribution in [-0.2, 0) is 4.79 Å². The van der Waals surface area contributed by atoms with E-state index in [0.717, 1.165) is 13.1 Å². The van der Waals surface area contributed by atoms with Crippen LogP contribution >= 0.6 is 11.3 Å². The Bertz CT molecular complexity index is 684. The number of hydrogen-bond donors (Lipinski definition) is 4. The summed E-state index contributed by atoms with van der Waals surface area (Å²) in [5.74, 6) is 0.925. The average Bonchev–Trinajstić information content (AvgIpc) is 3.14. The Morgan fingerprint density at radius 3 is 2.64 bits per heavy atom. The first-order valence-corrected chi connectivity index (χ1v) is 9.16. The first-order chi connectivity index (χ1) is 12.1. The number of aliphatic imine (C=N–C) groups is 1. The van der Waals surface area contributed by atoms with Crippen molar-refractivity contribution in [1.29, 1.82) is 0 Å². The molecule has 6 nitrogen and oxygen atoms in total. The third-order valence-electron chi connectivity index (χ3n) is 3.56. The van der Waals surface area contributed by atoms with Crippen molar-refractivity contribution in [3.8, 4) is 5.75 Å². The van der Waals surface area contributed by atoms with Crippen molar-refractivity contribution in [2.45, 2.75) is 19.8 Å². The van der Waals surface area contributed by atoms with Crippen molar-refractivity contribution in [2.75, 3.05) is 25.0 Å². The zero-order valence-electron chi connectivity index (χ0n) is 14.5. The van der Waals surface area contributed by atoms with Gasteiger partial charge in [-0.25, -0.2) is 4.99 Å². The molecule has 0 spiro atoms. The molecule has 1 atom stereocenters. The largest absolute Gasteiger partial charge is 0.508 e. The Morgan fingerprint density at radius 2 is 2.00 bits per heavy atom. The maximum absolute atomic E-state index is 12.0. The van der Waals surface area contributed by atoms with Crippen molar-refractivity contribution in [3.63, 3.8) is 0 Å². The molecule has 1 amide bonds. The van der Waals surface area contributed by atoms with Crippen LogP contribution in [0.3, 0.4) is 0 Å². The number of carbonyl (C=O) groups is 1. The number of thiophene rings is 1. The molecule has 0 aliphatic heterocycles. The molecule has 25 heavy (non-hydrogen) atoms. The number of amides is 1. The molecule has 0 saturated heterocycles. The molecule has 1 aromatic carbocycles. The van der Waals surface area contributed by atoms with Gasteiger partial charge in [0.05, 0.1) is 0 Å². The number of nitrogens with one attached hydrogen (secondary N) is 3. The highest BCUT2D eigenvalue weighted by atomic mass is 32.1. The molecule has 2 rings (SSSR count). The van der Waals surface area contributed by atoms with Crippen LogP contribution in [0.15, 0.2) is 46.1 Å². The molecule has 4 N–H and O–H groups in total. The van der Waals surface area contributed by atoms with E-state index in [1.54, 1.807) is 23.5 Å². The molecule has 0 aliphatic carbocycles. The summed E-state index contributed by atoms with van der Waals surface area (Å²) in [6.45, 7) is 5.61. The van der Waals surface area contributed by atoms with Gasteiger partial charge in [0.1, 0.15) is 12.3 Å². The third kappa shape index (κ3) is 6.46. The van der Waals surface area contributed by atoms with E-state index in [0.29, 0.717) is 17.6 Å². The van der Waals surface area contributed by atoms with Crippen molar-refractivity contribution in [2.24, 2.45) is 4.99 Å². The molecule has 0 saturated carbocycles. The highest BCUT2D eigenvalue weighted by Gasteiger charge is 2.08. The Balaban J connectivity index is 1.85. The van der Waals surface area contributed by atoms with Gasteiger partial charge >= 0.3 is 0 Å². The van der Waals surface area contributed by atoms with Gasteiger partial charge < -0.3 is 21.1 Å². The Labute approximate surface area is 152 Å². The van der Waals surface area contributed by atoms with Gasteiger partial charge in [0, 0.05) is 18.8 Å². The molecular weight excluding hydrogens is 336 g/mol.